The van der Waals surface area contributed by atoms with Crippen molar-refractivity contribution < 1.29 is 76.0 Å². The average molecular weight is 993 g/mol. The molecule has 0 spiro atoms. The van der Waals surface area contributed by atoms with Gasteiger partial charge in [0.1, 0.15) is 48.6 Å². The number of carbonyl (C=O) groups excluding carboxylic acids is 4. The van der Waals surface area contributed by atoms with E-state index >= 15 is 0 Å². The number of ether oxygens (including phenoxy) is 12. The molecule has 6 aromatic rings. The molecule has 3 heterocycles. The summed E-state index contributed by atoms with van der Waals surface area (Å²) in [6.07, 6.45) is -13.3. The molecule has 0 radical (unpaired) electrons. The fraction of sp³-hybridized carbons (Fsp3) is 0.263. The van der Waals surface area contributed by atoms with Gasteiger partial charge in [-0.15, -0.1) is 6.58 Å². The van der Waals surface area contributed by atoms with E-state index in [1.54, 1.807) is 146 Å². The lowest BCUT2D eigenvalue weighted by atomic mass is 9.95. The minimum Gasteiger partial charge on any atom is -0.497 e. The minimum absolute atomic E-state index is 0.0290. The van der Waals surface area contributed by atoms with Crippen molar-refractivity contribution in [3.63, 3.8) is 0 Å². The molecular weight excluding hydrogens is 941 g/mol. The van der Waals surface area contributed by atoms with Gasteiger partial charge in [-0.25, -0.2) is 19.2 Å². The Labute approximate surface area is 421 Å². The van der Waals surface area contributed by atoms with Crippen LogP contribution in [0.3, 0.4) is 0 Å². The molecular formula is C57H52O16. The van der Waals surface area contributed by atoms with Gasteiger partial charge in [-0.2, -0.15) is 0 Å². The Morgan fingerprint density at radius 1 is 0.534 bits per heavy atom. The quantitative estimate of drug-likeness (QED) is 0.0457. The summed E-state index contributed by atoms with van der Waals surface area (Å²) in [7, 11) is 1.51. The number of hydrogen-bond acceptors (Lipinski definition) is 16. The maximum absolute atomic E-state index is 14.4. The van der Waals surface area contributed by atoms with E-state index in [2.05, 4.69) is 6.58 Å². The monoisotopic (exact) mass is 992 g/mol. The summed E-state index contributed by atoms with van der Waals surface area (Å²) < 4.78 is 76.7. The second kappa shape index (κ2) is 24.1. The molecule has 376 valence electrons. The third kappa shape index (κ3) is 12.3. The summed E-state index contributed by atoms with van der Waals surface area (Å²) in [5.74, 6) is -2.40. The summed E-state index contributed by atoms with van der Waals surface area (Å²) >= 11 is 0. The van der Waals surface area contributed by atoms with Gasteiger partial charge in [-0.1, -0.05) is 109 Å². The standard InChI is InChI=1S/C57H52O16/c1-3-33-63-47-45-44(35-65-55(72-45)40-27-17-8-18-28-40)68-57(49(47)70-53(60)38-23-13-6-14-24-38)73-48-46(69-52(59)37-21-11-5-12-22-37)43(34-64-51(58)36-19-9-4-10-20-36)67-56(66-42-31-29-41(62-2)30-32-42)50(48)71-54(61)39-25-15-7-16-26-39/h3-32,43-50,55-57H,1,33-35H2,2H3/t43-,44-,45+,46-,47+,48+,49-,50+,55?,56+,57-/m1/s1. The number of rotatable bonds is 18. The summed E-state index contributed by atoms with van der Waals surface area (Å²) in [5.41, 5.74) is 1.44. The van der Waals surface area contributed by atoms with Gasteiger partial charge in [0.2, 0.25) is 6.29 Å². The Kier molecular flexibility index (Phi) is 16.6. The van der Waals surface area contributed by atoms with E-state index in [1.165, 1.54) is 13.2 Å². The minimum atomic E-state index is -1.64. The Hall–Kier alpha value is -7.70. The van der Waals surface area contributed by atoms with E-state index in [4.69, 9.17) is 56.8 Å². The van der Waals surface area contributed by atoms with Gasteiger partial charge < -0.3 is 56.8 Å². The van der Waals surface area contributed by atoms with Crippen LogP contribution in [-0.2, 0) is 47.4 Å². The van der Waals surface area contributed by atoms with E-state index in [-0.39, 0.29) is 41.2 Å². The highest BCUT2D eigenvalue weighted by Crippen LogP contribution is 2.40. The van der Waals surface area contributed by atoms with Crippen LogP contribution in [0.1, 0.15) is 53.3 Å². The van der Waals surface area contributed by atoms with Gasteiger partial charge >= 0.3 is 23.9 Å². The van der Waals surface area contributed by atoms with Crippen LogP contribution in [-0.4, -0.2) is 112 Å². The maximum Gasteiger partial charge on any atom is 0.338 e. The largest absolute Gasteiger partial charge is 0.497 e. The van der Waals surface area contributed by atoms with E-state index in [1.807, 2.05) is 30.3 Å². The predicted molar refractivity (Wildman–Crippen MR) is 259 cm³/mol. The summed E-state index contributed by atoms with van der Waals surface area (Å²) in [6.45, 7) is 3.24. The van der Waals surface area contributed by atoms with Crippen LogP contribution in [0.2, 0.25) is 0 Å². The second-order valence-corrected chi connectivity index (χ2v) is 16.9. The number of methoxy groups -OCH3 is 1. The lowest BCUT2D eigenvalue weighted by Crippen LogP contribution is -2.68. The van der Waals surface area contributed by atoms with Crippen LogP contribution in [0.15, 0.2) is 189 Å². The van der Waals surface area contributed by atoms with Crippen LogP contribution >= 0.6 is 0 Å². The SMILES string of the molecule is C=CCO[C@H]1[C@H]2OC(c3ccccc3)OC[C@H]2O[C@H](O[C@@H]2[C@H](OC(=O)c3ccccc3)[C@@H](Oc3ccc(OC)cc3)O[C@H](COC(=O)c3ccccc3)[C@H]2OC(=O)c2ccccc2)[C@@H]1OC(=O)c1ccccc1. The van der Waals surface area contributed by atoms with Gasteiger partial charge in [-0.3, -0.25) is 0 Å². The zero-order chi connectivity index (χ0) is 50.5. The molecule has 0 aliphatic carbocycles. The summed E-state index contributed by atoms with van der Waals surface area (Å²) in [4.78, 5) is 56.6. The van der Waals surface area contributed by atoms with Crippen molar-refractivity contribution in [3.05, 3.63) is 216 Å². The van der Waals surface area contributed by atoms with Gasteiger partial charge in [-0.05, 0) is 72.8 Å². The molecule has 73 heavy (non-hydrogen) atoms. The molecule has 3 aliphatic heterocycles. The van der Waals surface area contributed by atoms with Gasteiger partial charge in [0, 0.05) is 5.56 Å². The molecule has 0 saturated carbocycles. The third-order valence-corrected chi connectivity index (χ3v) is 12.1. The fourth-order valence-electron chi connectivity index (χ4n) is 8.52. The van der Waals surface area contributed by atoms with E-state index < -0.39 is 98.2 Å². The molecule has 9 rings (SSSR count). The Morgan fingerprint density at radius 3 is 1.53 bits per heavy atom. The van der Waals surface area contributed by atoms with Crippen molar-refractivity contribution in [3.8, 4) is 11.5 Å². The number of benzene rings is 6. The smallest absolute Gasteiger partial charge is 0.338 e. The molecule has 0 N–H and O–H groups in total. The normalized spacial score (nSPS) is 25.4. The second-order valence-electron chi connectivity index (χ2n) is 16.9. The average Bonchev–Trinajstić information content (AvgIpc) is 3.44. The van der Waals surface area contributed by atoms with Crippen molar-refractivity contribution in [2.45, 2.75) is 67.7 Å². The molecule has 1 unspecified atom stereocenters. The fourth-order valence-corrected chi connectivity index (χ4v) is 8.52. The van der Waals surface area contributed by atoms with E-state index in [0.29, 0.717) is 5.75 Å². The van der Waals surface area contributed by atoms with E-state index in [0.717, 1.165) is 5.56 Å². The van der Waals surface area contributed by atoms with Crippen molar-refractivity contribution in [2.75, 3.05) is 26.9 Å². The first-order chi connectivity index (χ1) is 35.8. The molecule has 16 nitrogen and oxygen atoms in total. The number of fused-ring (bicyclic) bond motifs is 1. The lowest BCUT2D eigenvalue weighted by Gasteiger charge is -2.51. The Morgan fingerprint density at radius 2 is 1.01 bits per heavy atom. The van der Waals surface area contributed by atoms with Gasteiger partial charge in [0.25, 0.3) is 0 Å². The number of carbonyl (C=O) groups is 4. The lowest BCUT2D eigenvalue weighted by molar-refractivity contribution is -0.384. The van der Waals surface area contributed by atoms with Crippen molar-refractivity contribution in [1.82, 2.24) is 0 Å². The molecule has 11 atom stereocenters. The van der Waals surface area contributed by atoms with Crippen LogP contribution in [0.25, 0.3) is 0 Å². The highest BCUT2D eigenvalue weighted by Gasteiger charge is 2.58. The highest BCUT2D eigenvalue weighted by atomic mass is 16.8. The number of hydrogen-bond donors (Lipinski definition) is 0. The first kappa shape index (κ1) is 50.2. The summed E-state index contributed by atoms with van der Waals surface area (Å²) in [5, 5.41) is 0. The molecule has 3 aliphatic rings. The maximum atomic E-state index is 14.4. The topological polar surface area (TPSA) is 179 Å². The third-order valence-electron chi connectivity index (χ3n) is 12.1. The van der Waals surface area contributed by atoms with Crippen LogP contribution in [0.5, 0.6) is 11.5 Å². The van der Waals surface area contributed by atoms with Crippen molar-refractivity contribution in [1.29, 1.82) is 0 Å². The first-order valence-electron chi connectivity index (χ1n) is 23.6. The Bertz CT molecular complexity index is 2750. The Balaban J connectivity index is 1.16. The number of esters is 4. The molecule has 3 saturated heterocycles. The van der Waals surface area contributed by atoms with E-state index in [9.17, 15) is 19.2 Å². The molecule has 0 aromatic heterocycles. The molecule has 6 aromatic carbocycles. The van der Waals surface area contributed by atoms with Crippen LogP contribution in [0.4, 0.5) is 0 Å². The van der Waals surface area contributed by atoms with Crippen LogP contribution in [0, 0.1) is 0 Å². The van der Waals surface area contributed by atoms with Crippen molar-refractivity contribution >= 4 is 23.9 Å². The zero-order valence-corrected chi connectivity index (χ0v) is 39.5. The first-order valence-corrected chi connectivity index (χ1v) is 23.6. The van der Waals surface area contributed by atoms with Crippen molar-refractivity contribution in [2.24, 2.45) is 0 Å². The molecule has 0 amide bonds. The summed E-state index contributed by atoms with van der Waals surface area (Å²) in [6, 6.07) is 48.6. The van der Waals surface area contributed by atoms with Gasteiger partial charge in [0.05, 0.1) is 42.6 Å². The molecule has 16 heteroatoms. The molecule has 0 bridgehead atoms. The van der Waals surface area contributed by atoms with Crippen LogP contribution < -0.4 is 9.47 Å². The van der Waals surface area contributed by atoms with Gasteiger partial charge in [0.15, 0.2) is 30.9 Å². The predicted octanol–water partition coefficient (Wildman–Crippen LogP) is 8.13. The zero-order valence-electron chi connectivity index (χ0n) is 39.5. The highest BCUT2D eigenvalue weighted by molar-refractivity contribution is 5.91. The molecule has 3 fully saturated rings.